The molecule has 0 bridgehead atoms. The van der Waals surface area contributed by atoms with Gasteiger partial charge in [-0.25, -0.2) is 9.97 Å². The minimum atomic E-state index is -0.321. The van der Waals surface area contributed by atoms with Crippen molar-refractivity contribution >= 4 is 23.2 Å². The van der Waals surface area contributed by atoms with E-state index in [4.69, 9.17) is 4.74 Å². The molecule has 3 rings (SSSR count). The van der Waals surface area contributed by atoms with Crippen molar-refractivity contribution in [2.24, 2.45) is 0 Å². The molecule has 7 heteroatoms. The van der Waals surface area contributed by atoms with Gasteiger partial charge < -0.3 is 15.4 Å². The van der Waals surface area contributed by atoms with Crippen LogP contribution >= 0.6 is 0 Å². The molecule has 0 spiro atoms. The Hall–Kier alpha value is -3.74. The fourth-order valence-electron chi connectivity index (χ4n) is 2.65. The topological polar surface area (TPSA) is 93.2 Å². The number of rotatable bonds is 5. The predicted octanol–water partition coefficient (Wildman–Crippen LogP) is 3.67. The summed E-state index contributed by atoms with van der Waals surface area (Å²) in [5.41, 5.74) is 2.94. The van der Waals surface area contributed by atoms with Gasteiger partial charge in [0.1, 0.15) is 5.75 Å². The summed E-state index contributed by atoms with van der Waals surface area (Å²) in [6.07, 6.45) is 1.51. The van der Waals surface area contributed by atoms with E-state index in [2.05, 4.69) is 20.6 Å². The zero-order valence-electron chi connectivity index (χ0n) is 15.8. The van der Waals surface area contributed by atoms with Gasteiger partial charge in [0.15, 0.2) is 5.82 Å². The Bertz CT molecular complexity index is 1020. The van der Waals surface area contributed by atoms with Crippen molar-refractivity contribution in [3.8, 4) is 17.1 Å². The maximum Gasteiger partial charge on any atom is 0.259 e. The number of carbonyl (C=O) groups excluding carboxylic acids is 2. The zero-order chi connectivity index (χ0) is 20.1. The molecule has 2 N–H and O–H groups in total. The molecule has 0 aliphatic heterocycles. The van der Waals surface area contributed by atoms with E-state index in [9.17, 15) is 9.59 Å². The van der Waals surface area contributed by atoms with E-state index in [0.717, 1.165) is 11.3 Å². The number of nitrogens with one attached hydrogen (secondary N) is 2. The van der Waals surface area contributed by atoms with E-state index in [0.29, 0.717) is 28.5 Å². The Morgan fingerprint density at radius 2 is 1.68 bits per heavy atom. The van der Waals surface area contributed by atoms with Crippen LogP contribution in [0, 0.1) is 6.92 Å². The number of aryl methyl sites for hydroxylation is 1. The highest BCUT2D eigenvalue weighted by Gasteiger charge is 2.13. The predicted molar refractivity (Wildman–Crippen MR) is 107 cm³/mol. The molecule has 28 heavy (non-hydrogen) atoms. The number of hydrogen-bond donors (Lipinski definition) is 2. The highest BCUT2D eigenvalue weighted by molar-refractivity contribution is 6.05. The molecule has 2 aromatic carbocycles. The second-order valence-corrected chi connectivity index (χ2v) is 6.14. The van der Waals surface area contributed by atoms with E-state index in [1.807, 2.05) is 24.3 Å². The van der Waals surface area contributed by atoms with Crippen LogP contribution in [0.1, 0.15) is 23.0 Å². The Labute approximate surface area is 162 Å². The maximum absolute atomic E-state index is 12.6. The first kappa shape index (κ1) is 19.0. The Morgan fingerprint density at radius 1 is 1.00 bits per heavy atom. The van der Waals surface area contributed by atoms with Gasteiger partial charge in [-0.3, -0.25) is 9.59 Å². The van der Waals surface area contributed by atoms with Crippen LogP contribution in [0.2, 0.25) is 0 Å². The second kappa shape index (κ2) is 8.30. The van der Waals surface area contributed by atoms with Gasteiger partial charge in [0.05, 0.1) is 18.4 Å². The summed E-state index contributed by atoms with van der Waals surface area (Å²) in [7, 11) is 1.61. The van der Waals surface area contributed by atoms with E-state index < -0.39 is 0 Å². The smallest absolute Gasteiger partial charge is 0.259 e. The third kappa shape index (κ3) is 4.50. The molecular weight excluding hydrogens is 356 g/mol. The van der Waals surface area contributed by atoms with Crippen LogP contribution in [0.15, 0.2) is 54.7 Å². The first-order chi connectivity index (χ1) is 13.5. The molecule has 0 saturated carbocycles. The zero-order valence-corrected chi connectivity index (χ0v) is 15.8. The van der Waals surface area contributed by atoms with Crippen molar-refractivity contribution in [1.29, 1.82) is 0 Å². The summed E-state index contributed by atoms with van der Waals surface area (Å²) < 4.78 is 5.15. The number of aromatic nitrogens is 2. The lowest BCUT2D eigenvalue weighted by molar-refractivity contribution is -0.114. The monoisotopic (exact) mass is 376 g/mol. The molecule has 0 aliphatic carbocycles. The van der Waals surface area contributed by atoms with Crippen molar-refractivity contribution < 1.29 is 14.3 Å². The minimum absolute atomic E-state index is 0.179. The maximum atomic E-state index is 12.6. The third-order valence-corrected chi connectivity index (χ3v) is 4.01. The van der Waals surface area contributed by atoms with Crippen LogP contribution < -0.4 is 15.4 Å². The average Bonchev–Trinajstić information content (AvgIpc) is 2.67. The van der Waals surface area contributed by atoms with Crippen LogP contribution in [0.3, 0.4) is 0 Å². The minimum Gasteiger partial charge on any atom is -0.497 e. The molecule has 0 aliphatic rings. The number of amides is 2. The molecule has 0 fully saturated rings. The largest absolute Gasteiger partial charge is 0.497 e. The number of nitrogens with zero attached hydrogens (tertiary/aromatic N) is 2. The molecule has 1 aromatic heterocycles. The normalized spacial score (nSPS) is 10.2. The fourth-order valence-corrected chi connectivity index (χ4v) is 2.65. The van der Waals surface area contributed by atoms with Gasteiger partial charge in [-0.2, -0.15) is 0 Å². The third-order valence-electron chi connectivity index (χ3n) is 4.01. The van der Waals surface area contributed by atoms with Crippen LogP contribution in [-0.4, -0.2) is 28.9 Å². The van der Waals surface area contributed by atoms with Gasteiger partial charge in [0, 0.05) is 30.1 Å². The van der Waals surface area contributed by atoms with Crippen molar-refractivity contribution in [1.82, 2.24) is 9.97 Å². The Balaban J connectivity index is 1.78. The highest BCUT2D eigenvalue weighted by Crippen LogP contribution is 2.21. The Kier molecular flexibility index (Phi) is 5.64. The summed E-state index contributed by atoms with van der Waals surface area (Å²) in [5.74, 6) is 0.780. The Morgan fingerprint density at radius 3 is 2.29 bits per heavy atom. The average molecular weight is 376 g/mol. The van der Waals surface area contributed by atoms with E-state index >= 15 is 0 Å². The molecule has 2 amide bonds. The fraction of sp³-hybridized carbons (Fsp3) is 0.143. The summed E-state index contributed by atoms with van der Waals surface area (Å²) >= 11 is 0. The number of ether oxygens (including phenoxy) is 1. The molecule has 142 valence electrons. The molecule has 0 radical (unpaired) electrons. The van der Waals surface area contributed by atoms with Crippen molar-refractivity contribution in [3.63, 3.8) is 0 Å². The van der Waals surface area contributed by atoms with Gasteiger partial charge >= 0.3 is 0 Å². The number of methoxy groups -OCH3 is 1. The SMILES string of the molecule is COc1ccc(-c2ncc(C(=O)Nc3cccc(NC(C)=O)c3)c(C)n2)cc1. The summed E-state index contributed by atoms with van der Waals surface area (Å²) in [6, 6.07) is 14.3. The number of hydrogen-bond acceptors (Lipinski definition) is 5. The lowest BCUT2D eigenvalue weighted by atomic mass is 10.1. The summed E-state index contributed by atoms with van der Waals surface area (Å²) in [6.45, 7) is 3.19. The van der Waals surface area contributed by atoms with Crippen molar-refractivity contribution in [2.75, 3.05) is 17.7 Å². The summed E-state index contributed by atoms with van der Waals surface area (Å²) in [4.78, 5) is 32.5. The van der Waals surface area contributed by atoms with Gasteiger partial charge in [-0.05, 0) is 49.4 Å². The van der Waals surface area contributed by atoms with Gasteiger partial charge in [-0.1, -0.05) is 6.07 Å². The standard InChI is InChI=1S/C21H20N4O3/c1-13-19(12-22-20(23-13)15-7-9-18(28-3)10-8-15)21(27)25-17-6-4-5-16(11-17)24-14(2)26/h4-12H,1-3H3,(H,24,26)(H,25,27). The first-order valence-corrected chi connectivity index (χ1v) is 8.63. The lowest BCUT2D eigenvalue weighted by Gasteiger charge is -2.10. The van der Waals surface area contributed by atoms with Crippen LogP contribution in [0.25, 0.3) is 11.4 Å². The highest BCUT2D eigenvalue weighted by atomic mass is 16.5. The first-order valence-electron chi connectivity index (χ1n) is 8.63. The van der Waals surface area contributed by atoms with Gasteiger partial charge in [0.2, 0.25) is 5.91 Å². The molecule has 0 atom stereocenters. The summed E-state index contributed by atoms with van der Waals surface area (Å²) in [5, 5.41) is 5.48. The van der Waals surface area contributed by atoms with Crippen molar-refractivity contribution in [3.05, 3.63) is 66.0 Å². The van der Waals surface area contributed by atoms with Gasteiger partial charge in [-0.15, -0.1) is 0 Å². The van der Waals surface area contributed by atoms with E-state index in [-0.39, 0.29) is 11.8 Å². The van der Waals surface area contributed by atoms with Crippen LogP contribution in [0.4, 0.5) is 11.4 Å². The van der Waals surface area contributed by atoms with E-state index in [1.54, 1.807) is 38.3 Å². The van der Waals surface area contributed by atoms with Crippen LogP contribution in [0.5, 0.6) is 5.75 Å². The number of carbonyl (C=O) groups is 2. The quantitative estimate of drug-likeness (QED) is 0.709. The molecule has 0 saturated heterocycles. The number of benzene rings is 2. The number of anilines is 2. The molecular formula is C21H20N4O3. The molecule has 0 unspecified atom stereocenters. The second-order valence-electron chi connectivity index (χ2n) is 6.14. The van der Waals surface area contributed by atoms with Gasteiger partial charge in [0.25, 0.3) is 5.91 Å². The molecule has 3 aromatic rings. The lowest BCUT2D eigenvalue weighted by Crippen LogP contribution is -2.15. The van der Waals surface area contributed by atoms with E-state index in [1.165, 1.54) is 13.1 Å². The van der Waals surface area contributed by atoms with Crippen molar-refractivity contribution in [2.45, 2.75) is 13.8 Å². The van der Waals surface area contributed by atoms with Crippen LogP contribution in [-0.2, 0) is 4.79 Å². The molecule has 7 nitrogen and oxygen atoms in total. The molecule has 1 heterocycles.